The van der Waals surface area contributed by atoms with Gasteiger partial charge >= 0.3 is 0 Å². The van der Waals surface area contributed by atoms with E-state index in [1.54, 1.807) is 0 Å². The van der Waals surface area contributed by atoms with Crippen LogP contribution in [-0.2, 0) is 0 Å². The topological polar surface area (TPSA) is 38.9 Å². The van der Waals surface area contributed by atoms with Crippen LogP contribution < -0.4 is 5.73 Å². The smallest absolute Gasteiger partial charge is 0.0574 e. The van der Waals surface area contributed by atoms with Gasteiger partial charge < -0.3 is 5.73 Å². The summed E-state index contributed by atoms with van der Waals surface area (Å²) >= 11 is 0. The van der Waals surface area contributed by atoms with Gasteiger partial charge in [0.15, 0.2) is 0 Å². The van der Waals surface area contributed by atoms with Crippen LogP contribution in [0, 0.1) is 6.92 Å². The molecule has 0 aromatic carbocycles. The summed E-state index contributed by atoms with van der Waals surface area (Å²) in [6.07, 6.45) is 2.12. The maximum atomic E-state index is 5.91. The monoisotopic (exact) mass is 164 g/mol. The minimum Gasteiger partial charge on any atom is -0.323 e. The highest BCUT2D eigenvalue weighted by Gasteiger charge is 2.04. The molecule has 1 aromatic heterocycles. The maximum Gasteiger partial charge on any atom is 0.0574 e. The molecule has 0 fully saturated rings. The predicted octanol–water partition coefficient (Wildman–Crippen LogP) is 2.19. The number of nitrogens with two attached hydrogens (primary N) is 1. The fourth-order valence-electron chi connectivity index (χ4n) is 1.23. The molecule has 2 heteroatoms. The van der Waals surface area contributed by atoms with Crippen LogP contribution in [0.1, 0.15) is 37.2 Å². The third-order valence-electron chi connectivity index (χ3n) is 1.89. The molecule has 0 radical (unpaired) electrons. The van der Waals surface area contributed by atoms with Gasteiger partial charge in [-0.2, -0.15) is 0 Å². The highest BCUT2D eigenvalue weighted by molar-refractivity contribution is 5.12. The van der Waals surface area contributed by atoms with Gasteiger partial charge in [-0.3, -0.25) is 4.98 Å². The van der Waals surface area contributed by atoms with Gasteiger partial charge in [-0.15, -0.1) is 0 Å². The summed E-state index contributed by atoms with van der Waals surface area (Å²) in [6, 6.07) is 6.10. The van der Waals surface area contributed by atoms with Gasteiger partial charge in [-0.25, -0.2) is 0 Å². The molecule has 1 atom stereocenters. The Morgan fingerprint density at radius 1 is 1.50 bits per heavy atom. The Morgan fingerprint density at radius 2 is 2.25 bits per heavy atom. The van der Waals surface area contributed by atoms with E-state index in [1.807, 2.05) is 25.1 Å². The van der Waals surface area contributed by atoms with Gasteiger partial charge in [0.25, 0.3) is 0 Å². The summed E-state index contributed by atoms with van der Waals surface area (Å²) in [5, 5.41) is 0. The molecule has 0 bridgehead atoms. The molecular weight excluding hydrogens is 148 g/mol. The number of aryl methyl sites for hydroxylation is 1. The molecule has 1 aromatic rings. The molecule has 2 nitrogen and oxygen atoms in total. The van der Waals surface area contributed by atoms with E-state index in [0.29, 0.717) is 0 Å². The Labute approximate surface area is 73.8 Å². The summed E-state index contributed by atoms with van der Waals surface area (Å²) in [6.45, 7) is 4.12. The molecule has 0 aliphatic carbocycles. The lowest BCUT2D eigenvalue weighted by Gasteiger charge is -2.09. The molecule has 1 rings (SSSR count). The molecule has 1 heterocycles. The Bertz CT molecular complexity index is 245. The van der Waals surface area contributed by atoms with E-state index in [9.17, 15) is 0 Å². The second kappa shape index (κ2) is 4.21. The first kappa shape index (κ1) is 9.20. The minimum atomic E-state index is 0.106. The highest BCUT2D eigenvalue weighted by atomic mass is 14.8. The molecule has 0 saturated heterocycles. The maximum absolute atomic E-state index is 5.91. The zero-order chi connectivity index (χ0) is 8.97. The Morgan fingerprint density at radius 3 is 2.83 bits per heavy atom. The summed E-state index contributed by atoms with van der Waals surface area (Å²) in [7, 11) is 0. The minimum absolute atomic E-state index is 0.106. The van der Waals surface area contributed by atoms with Gasteiger partial charge in [-0.05, 0) is 25.5 Å². The zero-order valence-corrected chi connectivity index (χ0v) is 7.75. The second-order valence-corrected chi connectivity index (χ2v) is 3.10. The van der Waals surface area contributed by atoms with E-state index in [1.165, 1.54) is 0 Å². The summed E-state index contributed by atoms with van der Waals surface area (Å²) < 4.78 is 0. The number of nitrogens with zero attached hydrogens (tertiary/aromatic N) is 1. The van der Waals surface area contributed by atoms with Crippen molar-refractivity contribution in [2.75, 3.05) is 0 Å². The van der Waals surface area contributed by atoms with Gasteiger partial charge in [0.1, 0.15) is 0 Å². The van der Waals surface area contributed by atoms with E-state index in [-0.39, 0.29) is 6.04 Å². The van der Waals surface area contributed by atoms with Crippen molar-refractivity contribution in [2.24, 2.45) is 5.73 Å². The van der Waals surface area contributed by atoms with Crippen molar-refractivity contribution in [1.29, 1.82) is 0 Å². The van der Waals surface area contributed by atoms with Crippen molar-refractivity contribution in [1.82, 2.24) is 4.98 Å². The Hall–Kier alpha value is -0.890. The van der Waals surface area contributed by atoms with E-state index in [2.05, 4.69) is 11.9 Å². The Balaban J connectivity index is 2.73. The highest BCUT2D eigenvalue weighted by Crippen LogP contribution is 2.12. The van der Waals surface area contributed by atoms with Crippen molar-refractivity contribution in [3.05, 3.63) is 29.6 Å². The molecule has 0 spiro atoms. The van der Waals surface area contributed by atoms with E-state index >= 15 is 0 Å². The van der Waals surface area contributed by atoms with Gasteiger partial charge in [0, 0.05) is 11.7 Å². The molecular formula is C10H16N2. The van der Waals surface area contributed by atoms with Crippen LogP contribution in [0.5, 0.6) is 0 Å². The molecule has 2 N–H and O–H groups in total. The summed E-state index contributed by atoms with van der Waals surface area (Å²) in [4.78, 5) is 4.37. The molecule has 0 unspecified atom stereocenters. The standard InChI is InChI=1S/C10H16N2/c1-3-5-9(11)10-7-4-6-8(2)12-10/h4,6-7,9H,3,5,11H2,1-2H3/t9-/m0/s1. The van der Waals surface area contributed by atoms with Gasteiger partial charge in [0.2, 0.25) is 0 Å². The van der Waals surface area contributed by atoms with E-state index in [4.69, 9.17) is 5.73 Å². The first-order valence-electron chi connectivity index (χ1n) is 4.43. The molecule has 0 saturated carbocycles. The van der Waals surface area contributed by atoms with Crippen LogP contribution in [0.25, 0.3) is 0 Å². The van der Waals surface area contributed by atoms with Crippen molar-refractivity contribution in [2.45, 2.75) is 32.7 Å². The average Bonchev–Trinajstić information content (AvgIpc) is 2.05. The number of rotatable bonds is 3. The third-order valence-corrected chi connectivity index (χ3v) is 1.89. The van der Waals surface area contributed by atoms with Crippen molar-refractivity contribution in [3.8, 4) is 0 Å². The molecule has 0 aliphatic rings. The summed E-state index contributed by atoms with van der Waals surface area (Å²) in [5.41, 5.74) is 7.96. The van der Waals surface area contributed by atoms with Gasteiger partial charge in [0.05, 0.1) is 5.69 Å². The van der Waals surface area contributed by atoms with Crippen LogP contribution in [0.15, 0.2) is 18.2 Å². The number of pyridine rings is 1. The first-order chi connectivity index (χ1) is 5.74. The fourth-order valence-corrected chi connectivity index (χ4v) is 1.23. The normalized spacial score (nSPS) is 12.9. The third kappa shape index (κ3) is 2.31. The van der Waals surface area contributed by atoms with E-state index < -0.39 is 0 Å². The zero-order valence-electron chi connectivity index (χ0n) is 7.75. The van der Waals surface area contributed by atoms with Crippen molar-refractivity contribution < 1.29 is 0 Å². The quantitative estimate of drug-likeness (QED) is 0.743. The van der Waals surface area contributed by atoms with Crippen molar-refractivity contribution >= 4 is 0 Å². The van der Waals surface area contributed by atoms with Crippen molar-refractivity contribution in [3.63, 3.8) is 0 Å². The van der Waals surface area contributed by atoms with Crippen LogP contribution in [-0.4, -0.2) is 4.98 Å². The molecule has 66 valence electrons. The number of hydrogen-bond donors (Lipinski definition) is 1. The predicted molar refractivity (Wildman–Crippen MR) is 50.8 cm³/mol. The second-order valence-electron chi connectivity index (χ2n) is 3.10. The van der Waals surface area contributed by atoms with Gasteiger partial charge in [-0.1, -0.05) is 19.4 Å². The molecule has 0 aliphatic heterocycles. The summed E-state index contributed by atoms with van der Waals surface area (Å²) in [5.74, 6) is 0. The van der Waals surface area contributed by atoms with Crippen LogP contribution in [0.4, 0.5) is 0 Å². The largest absolute Gasteiger partial charge is 0.323 e. The lowest BCUT2D eigenvalue weighted by atomic mass is 10.1. The molecule has 12 heavy (non-hydrogen) atoms. The Kier molecular flexibility index (Phi) is 3.23. The SMILES string of the molecule is CCC[C@H](N)c1cccc(C)n1. The first-order valence-corrected chi connectivity index (χ1v) is 4.43. The number of hydrogen-bond acceptors (Lipinski definition) is 2. The number of aromatic nitrogens is 1. The lowest BCUT2D eigenvalue weighted by molar-refractivity contribution is 0.620. The van der Waals surface area contributed by atoms with Crippen LogP contribution in [0.2, 0.25) is 0 Å². The van der Waals surface area contributed by atoms with E-state index in [0.717, 1.165) is 24.2 Å². The van der Waals surface area contributed by atoms with Crippen LogP contribution >= 0.6 is 0 Å². The average molecular weight is 164 g/mol. The lowest BCUT2D eigenvalue weighted by Crippen LogP contribution is -2.11. The van der Waals surface area contributed by atoms with Crippen LogP contribution in [0.3, 0.4) is 0 Å². The fraction of sp³-hybridized carbons (Fsp3) is 0.500. The molecule has 0 amide bonds.